The van der Waals surface area contributed by atoms with Gasteiger partial charge in [-0.3, -0.25) is 0 Å². The Morgan fingerprint density at radius 2 is 1.48 bits per heavy atom. The molecule has 13 heteroatoms. The van der Waals surface area contributed by atoms with E-state index in [1.54, 1.807) is 0 Å². The van der Waals surface area contributed by atoms with Crippen LogP contribution in [0.15, 0.2) is 12.2 Å². The van der Waals surface area contributed by atoms with Crippen molar-refractivity contribution in [3.8, 4) is 0 Å². The van der Waals surface area contributed by atoms with Crippen molar-refractivity contribution in [2.45, 2.75) is 67.5 Å². The highest BCUT2D eigenvalue weighted by Gasteiger charge is 2.52. The van der Waals surface area contributed by atoms with Crippen LogP contribution < -0.4 is 0 Å². The zero-order chi connectivity index (χ0) is 22.1. The van der Waals surface area contributed by atoms with Crippen LogP contribution in [0.2, 0.25) is 0 Å². The number of hydrogen-bond acceptors (Lipinski definition) is 12. The molecule has 2 heterocycles. The Kier molecular flexibility index (Phi) is 8.14. The summed E-state index contributed by atoms with van der Waals surface area (Å²) in [4.78, 5) is 0. The highest BCUT2D eigenvalue weighted by molar-refractivity contribution is 7.92. The summed E-state index contributed by atoms with van der Waals surface area (Å²) in [6.07, 6.45) is -15.0. The van der Waals surface area contributed by atoms with Crippen LogP contribution in [0.3, 0.4) is 0 Å². The summed E-state index contributed by atoms with van der Waals surface area (Å²) >= 11 is 0. The van der Waals surface area contributed by atoms with E-state index in [1.807, 2.05) is 0 Å². The fraction of sp³-hybridized carbons (Fsp3) is 0.875. The normalized spacial score (nSPS) is 43.9. The molecule has 0 aromatic carbocycles. The molecule has 2 aliphatic rings. The van der Waals surface area contributed by atoms with Crippen LogP contribution in [0.1, 0.15) is 6.92 Å². The predicted molar refractivity (Wildman–Crippen MR) is 95.0 cm³/mol. The summed E-state index contributed by atoms with van der Waals surface area (Å²) in [5, 5.41) is 69.1. The molecule has 0 aromatic rings. The number of ether oxygens (including phenoxy) is 3. The van der Waals surface area contributed by atoms with Gasteiger partial charge in [-0.1, -0.05) is 12.2 Å². The fourth-order valence-corrected chi connectivity index (χ4v) is 5.03. The predicted octanol–water partition coefficient (Wildman–Crippen LogP) is -4.40. The number of aliphatic hydroxyl groups excluding tert-OH is 7. The van der Waals surface area contributed by atoms with Gasteiger partial charge in [-0.05, 0) is 6.92 Å². The fourth-order valence-electron chi connectivity index (χ4n) is 3.28. The standard InChI is InChI=1S/C16H28O12S/c1-6(2)5-29(24,25)16-13(23)11(21)14(8(4-18)27-16)28-15-12(22)10(20)9(19)7(3-17)26-15/h7-23H,1,3-5H2,2H3/t7-,8-,9-,10+,11-,12-,13-,14-,15-,16+/m1/s1. The van der Waals surface area contributed by atoms with Crippen LogP contribution >= 0.6 is 0 Å². The molecule has 170 valence electrons. The molecular weight excluding hydrogens is 416 g/mol. The van der Waals surface area contributed by atoms with E-state index >= 15 is 0 Å². The molecule has 0 bridgehead atoms. The van der Waals surface area contributed by atoms with Gasteiger partial charge in [0.2, 0.25) is 0 Å². The first-order valence-corrected chi connectivity index (χ1v) is 10.6. The molecule has 2 saturated heterocycles. The lowest BCUT2D eigenvalue weighted by Crippen LogP contribution is -2.65. The molecule has 0 saturated carbocycles. The maximum Gasteiger partial charge on any atom is 0.187 e. The third-order valence-corrected chi connectivity index (χ3v) is 6.75. The molecule has 7 N–H and O–H groups in total. The second kappa shape index (κ2) is 9.62. The Morgan fingerprint density at radius 1 is 0.897 bits per heavy atom. The zero-order valence-corrected chi connectivity index (χ0v) is 16.5. The molecule has 0 radical (unpaired) electrons. The number of rotatable bonds is 7. The lowest BCUT2D eigenvalue weighted by atomic mass is 9.97. The summed E-state index contributed by atoms with van der Waals surface area (Å²) < 4.78 is 40.6. The summed E-state index contributed by atoms with van der Waals surface area (Å²) in [6, 6.07) is 0. The molecule has 0 aliphatic carbocycles. The average molecular weight is 444 g/mol. The van der Waals surface area contributed by atoms with Crippen molar-refractivity contribution < 1.29 is 58.4 Å². The maximum absolute atomic E-state index is 12.4. The third-order valence-electron chi connectivity index (χ3n) is 4.76. The van der Waals surface area contributed by atoms with Crippen molar-refractivity contribution >= 4 is 9.84 Å². The van der Waals surface area contributed by atoms with Crippen molar-refractivity contribution in [3.63, 3.8) is 0 Å². The molecule has 2 aliphatic heterocycles. The lowest BCUT2D eigenvalue weighted by molar-refractivity contribution is -0.338. The van der Waals surface area contributed by atoms with Crippen LogP contribution in [0, 0.1) is 0 Å². The number of sulfone groups is 1. The Morgan fingerprint density at radius 3 is 2.00 bits per heavy atom. The third kappa shape index (κ3) is 5.14. The lowest BCUT2D eigenvalue weighted by Gasteiger charge is -2.45. The first kappa shape index (κ1) is 24.6. The largest absolute Gasteiger partial charge is 0.394 e. The minimum absolute atomic E-state index is 0.274. The molecule has 29 heavy (non-hydrogen) atoms. The second-order valence-electron chi connectivity index (χ2n) is 7.27. The number of aliphatic hydroxyl groups is 7. The van der Waals surface area contributed by atoms with Gasteiger partial charge < -0.3 is 50.0 Å². The molecule has 12 nitrogen and oxygen atoms in total. The van der Waals surface area contributed by atoms with E-state index < -0.39 is 89.4 Å². The molecule has 2 rings (SSSR count). The number of hydrogen-bond donors (Lipinski definition) is 7. The molecule has 2 fully saturated rings. The van der Waals surface area contributed by atoms with Crippen LogP contribution in [0.5, 0.6) is 0 Å². The van der Waals surface area contributed by atoms with Crippen molar-refractivity contribution in [1.29, 1.82) is 0 Å². The summed E-state index contributed by atoms with van der Waals surface area (Å²) in [7, 11) is -4.09. The minimum atomic E-state index is -4.09. The molecule has 0 unspecified atom stereocenters. The average Bonchev–Trinajstić information content (AvgIpc) is 2.64. The molecular formula is C16H28O12S. The molecule has 10 atom stereocenters. The molecule has 0 amide bonds. The van der Waals surface area contributed by atoms with Gasteiger partial charge in [-0.2, -0.15) is 0 Å². The SMILES string of the molecule is C=C(C)CS(=O)(=O)[C@@H]1O[C@H](CO)[C@@H](O[C@H]2O[C@H](CO)[C@@H](O)[C@H](O)[C@H]2O)[C@H](O)[C@H]1O. The van der Waals surface area contributed by atoms with E-state index in [-0.39, 0.29) is 5.57 Å². The summed E-state index contributed by atoms with van der Waals surface area (Å²) in [5.74, 6) is -0.516. The van der Waals surface area contributed by atoms with E-state index in [4.69, 9.17) is 14.2 Å². The summed E-state index contributed by atoms with van der Waals surface area (Å²) in [6.45, 7) is 3.41. The Bertz CT molecular complexity index is 665. The molecule has 0 spiro atoms. The first-order chi connectivity index (χ1) is 13.4. The quantitative estimate of drug-likeness (QED) is 0.186. The Balaban J connectivity index is 2.21. The van der Waals surface area contributed by atoms with E-state index in [9.17, 15) is 44.2 Å². The minimum Gasteiger partial charge on any atom is -0.394 e. The van der Waals surface area contributed by atoms with Crippen LogP contribution in [-0.2, 0) is 24.0 Å². The van der Waals surface area contributed by atoms with Gasteiger partial charge in [0.15, 0.2) is 21.6 Å². The Labute approximate surface area is 167 Å². The van der Waals surface area contributed by atoms with Crippen molar-refractivity contribution in [2.75, 3.05) is 19.0 Å². The second-order valence-corrected chi connectivity index (χ2v) is 9.35. The van der Waals surface area contributed by atoms with Crippen LogP contribution in [-0.4, -0.2) is 124 Å². The maximum atomic E-state index is 12.4. The van der Waals surface area contributed by atoms with E-state index in [2.05, 4.69) is 6.58 Å². The van der Waals surface area contributed by atoms with Crippen molar-refractivity contribution in [3.05, 3.63) is 12.2 Å². The van der Waals surface area contributed by atoms with E-state index in [1.165, 1.54) is 6.92 Å². The highest BCUT2D eigenvalue weighted by atomic mass is 32.2. The van der Waals surface area contributed by atoms with Gasteiger partial charge in [0.1, 0.15) is 48.8 Å². The smallest absolute Gasteiger partial charge is 0.187 e. The van der Waals surface area contributed by atoms with Gasteiger partial charge in [0.25, 0.3) is 0 Å². The summed E-state index contributed by atoms with van der Waals surface area (Å²) in [5.41, 5.74) is -1.59. The van der Waals surface area contributed by atoms with E-state index in [0.29, 0.717) is 0 Å². The zero-order valence-electron chi connectivity index (χ0n) is 15.7. The molecule has 0 aromatic heterocycles. The van der Waals surface area contributed by atoms with Crippen LogP contribution in [0.25, 0.3) is 0 Å². The highest BCUT2D eigenvalue weighted by Crippen LogP contribution is 2.31. The van der Waals surface area contributed by atoms with Gasteiger partial charge in [0.05, 0.1) is 19.0 Å². The Hall–Kier alpha value is -0.710. The monoisotopic (exact) mass is 444 g/mol. The van der Waals surface area contributed by atoms with Crippen LogP contribution in [0.4, 0.5) is 0 Å². The van der Waals surface area contributed by atoms with Crippen molar-refractivity contribution in [2.24, 2.45) is 0 Å². The first-order valence-electron chi connectivity index (χ1n) is 8.89. The topological polar surface area (TPSA) is 203 Å². The van der Waals surface area contributed by atoms with Crippen molar-refractivity contribution in [1.82, 2.24) is 0 Å². The van der Waals surface area contributed by atoms with E-state index in [0.717, 1.165) is 0 Å². The van der Waals surface area contributed by atoms with Gasteiger partial charge in [-0.25, -0.2) is 8.42 Å². The van der Waals surface area contributed by atoms with Gasteiger partial charge >= 0.3 is 0 Å². The van der Waals surface area contributed by atoms with Gasteiger partial charge in [0, 0.05) is 0 Å². The van der Waals surface area contributed by atoms with Gasteiger partial charge in [-0.15, -0.1) is 0 Å².